The third-order valence-corrected chi connectivity index (χ3v) is 26.2. The van der Waals surface area contributed by atoms with Gasteiger partial charge in [-0.05, 0) is 167 Å². The Morgan fingerprint density at radius 3 is 1.58 bits per heavy atom. The Morgan fingerprint density at radius 1 is 0.594 bits per heavy atom. The number of methoxy groups -OCH3 is 1. The van der Waals surface area contributed by atoms with Crippen LogP contribution in [0.15, 0.2) is 173 Å². The van der Waals surface area contributed by atoms with Crippen molar-refractivity contribution >= 4 is 58.6 Å². The Kier molecular flexibility index (Phi) is 24.5. The van der Waals surface area contributed by atoms with Gasteiger partial charge in [0.15, 0.2) is 40.4 Å². The standard InChI is InChI=1S/C25H26ClFN2O3S.C24H24F3N3O4S.C23H18F7N3O3S.CH4/c1-17-5-10-20(11-6-17)29-16-18(24(26)28-29)7-14-22(30)25(2)15-3-4-23(25)33(31,32)21-12-8-19(27)9-13-21;1-24(26,27)16-3-7-18(8-4-16)30-14-15(23(29-30)34-2)13-22(31)28-20-11-12-21(20)35(32,33)19-9-5-17(25)6-10-19;24-15-2-5-18(6-3-15)37(35,36)19-7-1-13(19)9-17(34)10-14-12-33(32-21(14)23(28,29)30)16-4-8-20(31-11-16)22(25,26)27;/h5-6,8-13,16,23H,3-4,7,14-15H2,1-2H3;3-10,14,20-21H,11-13H2,1-2H3,(H,28,31);2-6,8,11-13,19H,1,7,9-10H2;1H4/t;20-,21+;13-,19-;/m.10./s1. The lowest BCUT2D eigenvalue weighted by Gasteiger charge is -2.36. The van der Waals surface area contributed by atoms with Crippen LogP contribution in [0.25, 0.3) is 17.1 Å². The van der Waals surface area contributed by atoms with Crippen LogP contribution in [0.1, 0.15) is 118 Å². The number of ketones is 2. The third-order valence-electron chi connectivity index (χ3n) is 18.8. The van der Waals surface area contributed by atoms with Crippen LogP contribution in [-0.4, -0.2) is 106 Å². The number of aryl methyl sites for hydroxylation is 2. The van der Waals surface area contributed by atoms with E-state index in [2.05, 4.69) is 25.6 Å². The topological polar surface area (TPSA) is 241 Å². The maximum atomic E-state index is 13.6. The zero-order valence-electron chi connectivity index (χ0n) is 56.4. The van der Waals surface area contributed by atoms with Gasteiger partial charge >= 0.3 is 12.4 Å². The number of halogens is 12. The van der Waals surface area contributed by atoms with Crippen molar-refractivity contribution in [1.82, 2.24) is 39.6 Å². The van der Waals surface area contributed by atoms with E-state index in [1.807, 2.05) is 37.4 Å². The van der Waals surface area contributed by atoms with Crippen molar-refractivity contribution in [2.45, 2.75) is 160 Å². The summed E-state index contributed by atoms with van der Waals surface area (Å²) in [6.45, 7) is 4.56. The van der Waals surface area contributed by atoms with E-state index in [0.717, 1.165) is 84.5 Å². The molecule has 3 fully saturated rings. The van der Waals surface area contributed by atoms with E-state index >= 15 is 0 Å². The van der Waals surface area contributed by atoms with E-state index in [9.17, 15) is 87.9 Å². The van der Waals surface area contributed by atoms with Crippen LogP contribution in [0.5, 0.6) is 5.88 Å². The monoisotopic (exact) mass is 1560 g/mol. The van der Waals surface area contributed by atoms with Crippen LogP contribution in [0.4, 0.5) is 48.3 Å². The summed E-state index contributed by atoms with van der Waals surface area (Å²) in [7, 11) is -9.96. The average Bonchev–Trinajstić information content (AvgIpc) is 1.76. The molecule has 566 valence electrons. The molecule has 1 N–H and O–H groups in total. The predicted octanol–water partition coefficient (Wildman–Crippen LogP) is 15.1. The number of rotatable bonds is 22. The van der Waals surface area contributed by atoms with Gasteiger partial charge in [0.1, 0.15) is 34.7 Å². The zero-order valence-corrected chi connectivity index (χ0v) is 59.6. The van der Waals surface area contributed by atoms with Crippen LogP contribution in [0.3, 0.4) is 0 Å². The number of Topliss-reactive ketones (excluding diaryl/α,β-unsaturated/α-hetero) is 2. The summed E-state index contributed by atoms with van der Waals surface area (Å²) in [5.74, 6) is -6.21. The van der Waals surface area contributed by atoms with Crippen LogP contribution in [0, 0.1) is 35.7 Å². The molecule has 5 aromatic carbocycles. The minimum atomic E-state index is -4.95. The summed E-state index contributed by atoms with van der Waals surface area (Å²) in [5, 5.41) is 12.6. The second-order valence-electron chi connectivity index (χ2n) is 26.1. The van der Waals surface area contributed by atoms with Crippen molar-refractivity contribution in [3.05, 3.63) is 220 Å². The summed E-state index contributed by atoms with van der Waals surface area (Å²) in [6, 6.07) is 28.0. The van der Waals surface area contributed by atoms with Crippen molar-refractivity contribution in [2.75, 3.05) is 7.11 Å². The van der Waals surface area contributed by atoms with Crippen molar-refractivity contribution in [3.63, 3.8) is 0 Å². The summed E-state index contributed by atoms with van der Waals surface area (Å²) in [5.41, 5.74) is -0.727. The molecule has 3 saturated carbocycles. The molecule has 6 atom stereocenters. The molecule has 3 aliphatic carbocycles. The van der Waals surface area contributed by atoms with E-state index in [1.165, 1.54) is 60.3 Å². The quantitative estimate of drug-likeness (QED) is 0.0490. The zero-order chi connectivity index (χ0) is 76.4. The Labute approximate surface area is 609 Å². The van der Waals surface area contributed by atoms with E-state index in [4.69, 9.17) is 16.3 Å². The fourth-order valence-corrected chi connectivity index (χ4v) is 19.3. The van der Waals surface area contributed by atoms with E-state index in [0.29, 0.717) is 78.3 Å². The van der Waals surface area contributed by atoms with Gasteiger partial charge in [-0.2, -0.15) is 36.5 Å². The summed E-state index contributed by atoms with van der Waals surface area (Å²) in [4.78, 5) is 41.8. The van der Waals surface area contributed by atoms with E-state index in [1.54, 1.807) is 17.8 Å². The number of nitrogens with one attached hydrogen (secondary N) is 1. The molecule has 106 heavy (non-hydrogen) atoms. The number of pyridine rings is 1. The molecule has 9 aromatic rings. The average molecular weight is 1560 g/mol. The van der Waals surface area contributed by atoms with Gasteiger partial charge < -0.3 is 10.1 Å². The molecule has 3 aliphatic rings. The van der Waals surface area contributed by atoms with Gasteiger partial charge in [-0.1, -0.05) is 62.2 Å². The Hall–Kier alpha value is -9.14. The smallest absolute Gasteiger partial charge is 0.435 e. The Morgan fingerprint density at radius 2 is 1.09 bits per heavy atom. The molecule has 0 bridgehead atoms. The normalized spacial score (nSPS) is 18.9. The molecule has 12 rings (SSSR count). The first-order valence-electron chi connectivity index (χ1n) is 32.7. The minimum absolute atomic E-state index is 0. The number of aromatic nitrogens is 7. The number of hydrogen-bond donors (Lipinski definition) is 1. The van der Waals surface area contributed by atoms with E-state index in [-0.39, 0.29) is 70.7 Å². The SMILES string of the molecule is C.COc1nn(-c2ccc(C(C)(F)F)cc2)cc1CC(=O)N[C@@H]1CC[C@@H]1S(=O)(=O)c1ccc(F)cc1.Cc1ccc(-n2cc(CCC(=O)C3(C)CCCC3S(=O)(=O)c3ccc(F)cc3)c(Cl)n2)cc1.O=C(Cc1cn(-c2ccc(C(F)(F)F)nc2)nc1C(F)(F)F)C[C@@H]1CC[C@@H]1S(=O)(=O)c1ccc(F)cc1. The van der Waals surface area contributed by atoms with Gasteiger partial charge in [-0.25, -0.2) is 66.2 Å². The van der Waals surface area contributed by atoms with Gasteiger partial charge in [-0.15, -0.1) is 5.10 Å². The number of carbonyl (C=O) groups is 3. The lowest BCUT2D eigenvalue weighted by molar-refractivity contribution is -0.142. The fraction of sp³-hybridized carbons (Fsp3) is 0.356. The van der Waals surface area contributed by atoms with Crippen LogP contribution in [-0.2, 0) is 81.4 Å². The van der Waals surface area contributed by atoms with Crippen LogP contribution in [0.2, 0.25) is 5.15 Å². The largest absolute Gasteiger partial charge is 0.480 e. The predicted molar refractivity (Wildman–Crippen MR) is 369 cm³/mol. The second-order valence-corrected chi connectivity index (χ2v) is 32.9. The molecule has 0 aliphatic heterocycles. The number of nitrogens with zero attached hydrogens (tertiary/aromatic N) is 7. The second kappa shape index (κ2) is 32.1. The van der Waals surface area contributed by atoms with Gasteiger partial charge in [0.05, 0.1) is 67.2 Å². The van der Waals surface area contributed by atoms with Crippen molar-refractivity contribution < 1.29 is 92.7 Å². The maximum absolute atomic E-state index is 13.6. The Balaban J connectivity index is 0.000000183. The lowest BCUT2D eigenvalue weighted by atomic mass is 9.80. The summed E-state index contributed by atoms with van der Waals surface area (Å²) >= 11 is 6.33. The summed E-state index contributed by atoms with van der Waals surface area (Å²) < 4.78 is 232. The molecular weight excluding hydrogens is 1490 g/mol. The Bertz CT molecular complexity index is 4980. The highest BCUT2D eigenvalue weighted by molar-refractivity contribution is 7.92. The lowest BCUT2D eigenvalue weighted by Crippen LogP contribution is -2.54. The highest BCUT2D eigenvalue weighted by atomic mass is 35.5. The third kappa shape index (κ3) is 18.4. The number of amides is 1. The minimum Gasteiger partial charge on any atom is -0.480 e. The highest BCUT2D eigenvalue weighted by Gasteiger charge is 2.51. The van der Waals surface area contributed by atoms with Crippen molar-refractivity contribution in [2.24, 2.45) is 11.3 Å². The molecule has 4 heterocycles. The molecular formula is C73H72ClF11N8O10S3. The number of hydrogen-bond acceptors (Lipinski definition) is 14. The number of sulfone groups is 3. The number of carbonyl (C=O) groups excluding carboxylic acids is 3. The fourth-order valence-electron chi connectivity index (χ4n) is 12.8. The number of ether oxygens (including phenoxy) is 1. The van der Waals surface area contributed by atoms with Gasteiger partial charge in [0, 0.05) is 78.5 Å². The molecule has 4 aromatic heterocycles. The van der Waals surface area contributed by atoms with E-state index < -0.39 is 133 Å². The number of alkyl halides is 8. The maximum Gasteiger partial charge on any atom is 0.435 e. The van der Waals surface area contributed by atoms with Gasteiger partial charge in [0.2, 0.25) is 11.8 Å². The molecule has 2 unspecified atom stereocenters. The van der Waals surface area contributed by atoms with Crippen molar-refractivity contribution in [3.8, 4) is 22.9 Å². The first kappa shape index (κ1) is 80.9. The molecule has 33 heteroatoms. The van der Waals surface area contributed by atoms with Crippen LogP contribution < -0.4 is 10.1 Å². The number of benzene rings is 5. The molecule has 1 amide bonds. The molecule has 0 radical (unpaired) electrons. The first-order valence-corrected chi connectivity index (χ1v) is 37.7. The van der Waals surface area contributed by atoms with Gasteiger partial charge in [-0.3, -0.25) is 14.4 Å². The van der Waals surface area contributed by atoms with Crippen molar-refractivity contribution in [1.29, 1.82) is 0 Å². The molecule has 0 saturated heterocycles. The van der Waals surface area contributed by atoms with Crippen LogP contribution >= 0.6 is 11.6 Å². The molecule has 18 nitrogen and oxygen atoms in total. The van der Waals surface area contributed by atoms with Gasteiger partial charge in [0.25, 0.3) is 5.92 Å². The summed E-state index contributed by atoms with van der Waals surface area (Å²) in [6.07, 6.45) is -2.20. The highest BCUT2D eigenvalue weighted by Crippen LogP contribution is 2.47. The molecule has 0 spiro atoms. The first-order chi connectivity index (χ1) is 49.3.